The van der Waals surface area contributed by atoms with Crippen molar-refractivity contribution in [3.8, 4) is 33.6 Å². The molecule has 0 aliphatic rings. The molecule has 0 N–H and O–H groups in total. The van der Waals surface area contributed by atoms with Crippen LogP contribution in [-0.2, 0) is 0 Å². The minimum absolute atomic E-state index is 1.15. The number of hydrogen-bond acceptors (Lipinski definition) is 0. The van der Waals surface area contributed by atoms with Gasteiger partial charge >= 0.3 is 0 Å². The maximum Gasteiger partial charge on any atom is 0.0562 e. The molecule has 11 aromatic rings. The molecule has 2 nitrogen and oxygen atoms in total. The van der Waals surface area contributed by atoms with E-state index in [-0.39, 0.29) is 0 Å². The van der Waals surface area contributed by atoms with Gasteiger partial charge in [0.2, 0.25) is 0 Å². The molecule has 0 fully saturated rings. The van der Waals surface area contributed by atoms with Gasteiger partial charge in [-0.25, -0.2) is 0 Å². The topological polar surface area (TPSA) is 9.86 Å². The smallest absolute Gasteiger partial charge is 0.0562 e. The van der Waals surface area contributed by atoms with Gasteiger partial charge in [-0.2, -0.15) is 0 Å². The molecule has 0 bridgehead atoms. The first-order chi connectivity index (χ1) is 25.8. The monoisotopic (exact) mass is 660 g/mol. The van der Waals surface area contributed by atoms with Crippen LogP contribution in [0, 0.1) is 0 Å². The van der Waals surface area contributed by atoms with Crippen molar-refractivity contribution in [1.29, 1.82) is 0 Å². The van der Waals surface area contributed by atoms with Gasteiger partial charge in [-0.15, -0.1) is 0 Å². The van der Waals surface area contributed by atoms with Crippen LogP contribution in [0.5, 0.6) is 0 Å². The highest BCUT2D eigenvalue weighted by molar-refractivity contribution is 6.25. The Balaban J connectivity index is 1.17. The van der Waals surface area contributed by atoms with E-state index in [0.717, 1.165) is 11.4 Å². The minimum Gasteiger partial charge on any atom is -0.309 e. The third-order valence-electron chi connectivity index (χ3n) is 10.9. The summed E-state index contributed by atoms with van der Waals surface area (Å²) in [5, 5.41) is 10.1. The first-order valence-corrected chi connectivity index (χ1v) is 17.9. The molecule has 0 amide bonds. The van der Waals surface area contributed by atoms with Crippen LogP contribution in [0.1, 0.15) is 0 Å². The zero-order chi connectivity index (χ0) is 34.2. The molecule has 242 valence electrons. The van der Waals surface area contributed by atoms with E-state index in [9.17, 15) is 0 Å². The molecule has 0 radical (unpaired) electrons. The number of benzene rings is 9. The van der Waals surface area contributed by atoms with Crippen LogP contribution < -0.4 is 0 Å². The second-order valence-electron chi connectivity index (χ2n) is 13.7. The van der Waals surface area contributed by atoms with Crippen molar-refractivity contribution >= 4 is 65.2 Å². The van der Waals surface area contributed by atoms with Crippen LogP contribution in [0.4, 0.5) is 0 Å². The van der Waals surface area contributed by atoms with E-state index in [0.29, 0.717) is 0 Å². The maximum atomic E-state index is 2.46. The summed E-state index contributed by atoms with van der Waals surface area (Å²) in [6, 6.07) is 71.0. The quantitative estimate of drug-likeness (QED) is 0.178. The van der Waals surface area contributed by atoms with Crippen LogP contribution in [0.2, 0.25) is 0 Å². The van der Waals surface area contributed by atoms with Crippen molar-refractivity contribution in [3.63, 3.8) is 0 Å². The van der Waals surface area contributed by atoms with E-state index in [1.807, 2.05) is 0 Å². The Bertz CT molecular complexity index is 3140. The van der Waals surface area contributed by atoms with Crippen LogP contribution in [0.3, 0.4) is 0 Å². The highest BCUT2D eigenvalue weighted by atomic mass is 15.0. The maximum absolute atomic E-state index is 2.46. The Morgan fingerprint density at radius 2 is 0.827 bits per heavy atom. The summed E-state index contributed by atoms with van der Waals surface area (Å²) < 4.78 is 4.90. The lowest BCUT2D eigenvalue weighted by molar-refractivity contribution is 1.17. The van der Waals surface area contributed by atoms with Crippen molar-refractivity contribution in [2.45, 2.75) is 0 Å². The van der Waals surface area contributed by atoms with Gasteiger partial charge in [-0.3, -0.25) is 0 Å². The fourth-order valence-corrected chi connectivity index (χ4v) is 8.51. The van der Waals surface area contributed by atoms with E-state index in [1.165, 1.54) is 87.4 Å². The van der Waals surface area contributed by atoms with Gasteiger partial charge in [-0.1, -0.05) is 146 Å². The van der Waals surface area contributed by atoms with Crippen LogP contribution in [0.15, 0.2) is 194 Å². The van der Waals surface area contributed by atoms with E-state index in [1.54, 1.807) is 0 Å². The van der Waals surface area contributed by atoms with Crippen molar-refractivity contribution in [1.82, 2.24) is 9.13 Å². The zero-order valence-corrected chi connectivity index (χ0v) is 28.4. The highest BCUT2D eigenvalue weighted by Crippen LogP contribution is 2.42. The Hall–Kier alpha value is -6.90. The number of rotatable bonds is 4. The van der Waals surface area contributed by atoms with E-state index < -0.39 is 0 Å². The van der Waals surface area contributed by atoms with Crippen LogP contribution >= 0.6 is 0 Å². The lowest BCUT2D eigenvalue weighted by Crippen LogP contribution is -1.96. The molecule has 0 aliphatic carbocycles. The van der Waals surface area contributed by atoms with Crippen LogP contribution in [-0.4, -0.2) is 9.13 Å². The predicted octanol–water partition coefficient (Wildman–Crippen LogP) is 13.5. The molecule has 0 aliphatic heterocycles. The van der Waals surface area contributed by atoms with Gasteiger partial charge in [0.15, 0.2) is 0 Å². The Morgan fingerprint density at radius 1 is 0.269 bits per heavy atom. The molecule has 2 aromatic heterocycles. The SMILES string of the molecule is c1ccc(-c2ccc(-n3c4cc5c(cc4c4c6ccccc6ccc43)c3ccccc3n5-c3ccc(-c4cccc5ccccc45)cc3)cc2)cc1. The van der Waals surface area contributed by atoms with Crippen molar-refractivity contribution in [3.05, 3.63) is 194 Å². The first kappa shape index (κ1) is 28.9. The summed E-state index contributed by atoms with van der Waals surface area (Å²) in [6.45, 7) is 0. The Labute approximate surface area is 301 Å². The van der Waals surface area contributed by atoms with Gasteiger partial charge in [0.25, 0.3) is 0 Å². The standard InChI is InChI=1S/C50H32N2/c1-2-11-33(12-3-1)34-21-26-39(27-22-34)52-47-30-25-36-14-5-7-17-42(36)50(47)45-31-44-43-18-8-9-20-46(43)51(48(44)32-49(45)52)38-28-23-37(24-29-38)41-19-10-15-35-13-4-6-16-40(35)41/h1-32H. The molecule has 0 saturated carbocycles. The minimum atomic E-state index is 1.15. The van der Waals surface area contributed by atoms with Gasteiger partial charge in [0, 0.05) is 32.9 Å². The summed E-state index contributed by atoms with van der Waals surface area (Å²) >= 11 is 0. The molecule has 2 heteroatoms. The molecular formula is C50H32N2. The average molecular weight is 661 g/mol. The molecule has 52 heavy (non-hydrogen) atoms. The predicted molar refractivity (Wildman–Crippen MR) is 221 cm³/mol. The molecule has 9 aromatic carbocycles. The first-order valence-electron chi connectivity index (χ1n) is 17.9. The second-order valence-corrected chi connectivity index (χ2v) is 13.7. The number of fused-ring (bicyclic) bond motifs is 9. The molecule has 0 saturated heterocycles. The van der Waals surface area contributed by atoms with E-state index >= 15 is 0 Å². The Kier molecular flexibility index (Phi) is 6.28. The normalized spacial score (nSPS) is 11.8. The molecular weight excluding hydrogens is 629 g/mol. The summed E-state index contributed by atoms with van der Waals surface area (Å²) in [5.74, 6) is 0. The summed E-state index contributed by atoms with van der Waals surface area (Å²) in [4.78, 5) is 0. The largest absolute Gasteiger partial charge is 0.309 e. The average Bonchev–Trinajstić information content (AvgIpc) is 3.72. The lowest BCUT2D eigenvalue weighted by Gasteiger charge is -2.12. The molecule has 0 unspecified atom stereocenters. The van der Waals surface area contributed by atoms with Crippen molar-refractivity contribution < 1.29 is 0 Å². The summed E-state index contributed by atoms with van der Waals surface area (Å²) in [7, 11) is 0. The van der Waals surface area contributed by atoms with Gasteiger partial charge in [0.05, 0.1) is 22.1 Å². The summed E-state index contributed by atoms with van der Waals surface area (Å²) in [6.07, 6.45) is 0. The van der Waals surface area contributed by atoms with Gasteiger partial charge in [-0.05, 0) is 92.3 Å². The van der Waals surface area contributed by atoms with Crippen molar-refractivity contribution in [2.75, 3.05) is 0 Å². The van der Waals surface area contributed by atoms with Gasteiger partial charge in [0.1, 0.15) is 0 Å². The van der Waals surface area contributed by atoms with E-state index in [2.05, 4.69) is 203 Å². The van der Waals surface area contributed by atoms with Crippen LogP contribution in [0.25, 0.3) is 98.8 Å². The van der Waals surface area contributed by atoms with Gasteiger partial charge < -0.3 is 9.13 Å². The number of aromatic nitrogens is 2. The Morgan fingerprint density at radius 3 is 1.60 bits per heavy atom. The number of para-hydroxylation sites is 1. The lowest BCUT2D eigenvalue weighted by atomic mass is 9.98. The fraction of sp³-hybridized carbons (Fsp3) is 0. The third kappa shape index (κ3) is 4.31. The third-order valence-corrected chi connectivity index (χ3v) is 10.9. The van der Waals surface area contributed by atoms with Crippen molar-refractivity contribution in [2.24, 2.45) is 0 Å². The molecule has 0 spiro atoms. The number of hydrogen-bond donors (Lipinski definition) is 0. The second kappa shape index (κ2) is 11.3. The van der Waals surface area contributed by atoms with E-state index in [4.69, 9.17) is 0 Å². The molecule has 0 atom stereocenters. The highest BCUT2D eigenvalue weighted by Gasteiger charge is 2.20. The summed E-state index contributed by atoms with van der Waals surface area (Å²) in [5.41, 5.74) is 12.0. The zero-order valence-electron chi connectivity index (χ0n) is 28.4. The molecule has 11 rings (SSSR count). The molecule has 2 heterocycles. The number of nitrogens with zero attached hydrogens (tertiary/aromatic N) is 2. The fourth-order valence-electron chi connectivity index (χ4n) is 8.51.